The summed E-state index contributed by atoms with van der Waals surface area (Å²) in [5, 5.41) is 3.88. The summed E-state index contributed by atoms with van der Waals surface area (Å²) in [7, 11) is -1.26. The van der Waals surface area contributed by atoms with E-state index in [2.05, 4.69) is 17.3 Å². The van der Waals surface area contributed by atoms with Crippen LogP contribution in [0.1, 0.15) is 57.8 Å². The van der Waals surface area contributed by atoms with Gasteiger partial charge in [-0.05, 0) is 70.0 Å². The second-order valence-electron chi connectivity index (χ2n) is 9.60. The lowest BCUT2D eigenvalue weighted by Crippen LogP contribution is -2.36. The van der Waals surface area contributed by atoms with Gasteiger partial charge in [-0.1, -0.05) is 25.7 Å². The molecule has 1 saturated carbocycles. The van der Waals surface area contributed by atoms with Gasteiger partial charge in [-0.2, -0.15) is 4.31 Å². The lowest BCUT2D eigenvalue weighted by molar-refractivity contribution is -0.121. The van der Waals surface area contributed by atoms with Gasteiger partial charge in [-0.3, -0.25) is 4.79 Å². The summed E-state index contributed by atoms with van der Waals surface area (Å²) in [5.74, 6) is -0.0159. The first-order chi connectivity index (χ1) is 15.9. The van der Waals surface area contributed by atoms with Gasteiger partial charge < -0.3 is 14.8 Å². The third kappa shape index (κ3) is 5.97. The van der Waals surface area contributed by atoms with Gasteiger partial charge in [-0.15, -0.1) is 0 Å². The molecule has 4 rings (SSSR count). The molecule has 1 saturated heterocycles. The zero-order valence-electron chi connectivity index (χ0n) is 19.8. The van der Waals surface area contributed by atoms with Crippen molar-refractivity contribution < 1.29 is 13.2 Å². The van der Waals surface area contributed by atoms with Gasteiger partial charge in [0.05, 0.1) is 4.90 Å². The Balaban J connectivity index is 1.29. The zero-order chi connectivity index (χ0) is 23.3. The quantitative estimate of drug-likeness (QED) is 0.564. The van der Waals surface area contributed by atoms with Crippen molar-refractivity contribution in [3.8, 4) is 0 Å². The highest BCUT2D eigenvalue weighted by molar-refractivity contribution is 7.89. The van der Waals surface area contributed by atoms with Crippen molar-refractivity contribution in [3.63, 3.8) is 0 Å². The van der Waals surface area contributed by atoms with E-state index in [0.29, 0.717) is 30.6 Å². The number of benzene rings is 1. The Hall–Kier alpha value is -1.90. The maximum Gasteiger partial charge on any atom is 0.243 e. The number of hydrogen-bond acceptors (Lipinski definition) is 4. The number of aromatic nitrogens is 1. The van der Waals surface area contributed by atoms with Gasteiger partial charge in [0, 0.05) is 42.8 Å². The van der Waals surface area contributed by atoms with E-state index >= 15 is 0 Å². The molecule has 1 aromatic heterocycles. The maximum atomic E-state index is 13.0. The number of piperidine rings is 1. The molecule has 2 aromatic rings. The molecule has 0 radical (unpaired) electrons. The van der Waals surface area contributed by atoms with Crippen LogP contribution in [0.5, 0.6) is 0 Å². The van der Waals surface area contributed by atoms with Gasteiger partial charge in [0.25, 0.3) is 0 Å². The number of carbonyl (C=O) groups is 1. The van der Waals surface area contributed by atoms with E-state index < -0.39 is 10.0 Å². The summed E-state index contributed by atoms with van der Waals surface area (Å²) in [5.41, 5.74) is 0.875. The highest BCUT2D eigenvalue weighted by Gasteiger charge is 2.26. The van der Waals surface area contributed by atoms with Crippen LogP contribution in [-0.4, -0.2) is 67.4 Å². The number of hydrogen-bond donors (Lipinski definition) is 1. The van der Waals surface area contributed by atoms with Crippen LogP contribution in [0.4, 0.5) is 0 Å². The van der Waals surface area contributed by atoms with Crippen LogP contribution in [0.25, 0.3) is 10.9 Å². The molecule has 7 nitrogen and oxygen atoms in total. The molecule has 1 aliphatic heterocycles. The van der Waals surface area contributed by atoms with Crippen LogP contribution in [0.3, 0.4) is 0 Å². The van der Waals surface area contributed by atoms with Crippen molar-refractivity contribution in [3.05, 3.63) is 30.5 Å². The number of nitrogens with zero attached hydrogens (tertiary/aromatic N) is 3. The number of nitrogens with one attached hydrogen (secondary N) is 1. The van der Waals surface area contributed by atoms with Crippen molar-refractivity contribution in [1.82, 2.24) is 19.1 Å². The average molecular weight is 475 g/mol. The summed E-state index contributed by atoms with van der Waals surface area (Å²) in [6.45, 7) is 3.11. The number of carbonyl (C=O) groups excluding carboxylic acids is 1. The van der Waals surface area contributed by atoms with Crippen molar-refractivity contribution >= 4 is 26.8 Å². The molecule has 1 amide bonds. The molecule has 1 N–H and O–H groups in total. The average Bonchev–Trinajstić information content (AvgIpc) is 3.24. The fraction of sp³-hybridized carbons (Fsp3) is 0.640. The molecule has 0 atom stereocenters. The minimum Gasteiger partial charge on any atom is -0.355 e. The van der Waals surface area contributed by atoms with E-state index in [9.17, 15) is 13.2 Å². The molecular formula is C25H38N4O3S. The molecule has 8 heteroatoms. The molecule has 1 aromatic carbocycles. The second-order valence-corrected chi connectivity index (χ2v) is 11.5. The van der Waals surface area contributed by atoms with Crippen LogP contribution < -0.4 is 5.32 Å². The van der Waals surface area contributed by atoms with Crippen molar-refractivity contribution in [2.24, 2.45) is 0 Å². The molecular weight excluding hydrogens is 436 g/mol. The molecule has 33 heavy (non-hydrogen) atoms. The van der Waals surface area contributed by atoms with E-state index in [1.165, 1.54) is 32.1 Å². The first-order valence-corrected chi connectivity index (χ1v) is 13.9. The second kappa shape index (κ2) is 11.0. The molecule has 2 heterocycles. The van der Waals surface area contributed by atoms with Gasteiger partial charge >= 0.3 is 0 Å². The molecule has 182 valence electrons. The Labute approximate surface area is 198 Å². The molecule has 2 fully saturated rings. The van der Waals surface area contributed by atoms with E-state index in [1.807, 2.05) is 22.9 Å². The Morgan fingerprint density at radius 1 is 1.06 bits per heavy atom. The molecule has 0 unspecified atom stereocenters. The number of amides is 1. The van der Waals surface area contributed by atoms with Crippen LogP contribution in [0.15, 0.2) is 35.4 Å². The summed E-state index contributed by atoms with van der Waals surface area (Å²) >= 11 is 0. The lowest BCUT2D eigenvalue weighted by atomic mass is 9.94. The first-order valence-electron chi connectivity index (χ1n) is 12.5. The lowest BCUT2D eigenvalue weighted by Gasteiger charge is -2.31. The van der Waals surface area contributed by atoms with E-state index in [0.717, 1.165) is 43.1 Å². The van der Waals surface area contributed by atoms with Gasteiger partial charge in [0.1, 0.15) is 6.54 Å². The molecule has 2 aliphatic rings. The Morgan fingerprint density at radius 3 is 2.55 bits per heavy atom. The number of sulfonamides is 1. The summed E-state index contributed by atoms with van der Waals surface area (Å²) in [4.78, 5) is 15.3. The number of fused-ring (bicyclic) bond motifs is 1. The van der Waals surface area contributed by atoms with E-state index in [1.54, 1.807) is 16.4 Å². The minimum atomic E-state index is -3.46. The summed E-state index contributed by atoms with van der Waals surface area (Å²) in [6.07, 6.45) is 12.4. The Morgan fingerprint density at radius 2 is 1.79 bits per heavy atom. The first kappa shape index (κ1) is 24.2. The van der Waals surface area contributed by atoms with E-state index in [-0.39, 0.29) is 12.5 Å². The standard InChI is InChI=1S/C25H38N4O3S/c1-27(22-9-4-2-5-10-22)15-8-14-26-25(30)20-28-18-13-21-19-23(11-12-24(21)28)33(31,32)29-16-6-3-7-17-29/h11-13,18-19,22H,2-10,14-17,20H2,1H3,(H,26,30). The third-order valence-corrected chi connectivity index (χ3v) is 9.11. The highest BCUT2D eigenvalue weighted by atomic mass is 32.2. The third-order valence-electron chi connectivity index (χ3n) is 7.22. The monoisotopic (exact) mass is 474 g/mol. The minimum absolute atomic E-state index is 0.0159. The maximum absolute atomic E-state index is 13.0. The van der Waals surface area contributed by atoms with Gasteiger partial charge in [0.2, 0.25) is 15.9 Å². The van der Waals surface area contributed by atoms with E-state index in [4.69, 9.17) is 0 Å². The van der Waals surface area contributed by atoms with Crippen molar-refractivity contribution in [2.45, 2.75) is 75.3 Å². The van der Waals surface area contributed by atoms with Crippen LogP contribution in [0, 0.1) is 0 Å². The predicted octanol–water partition coefficient (Wildman–Crippen LogP) is 3.59. The van der Waals surface area contributed by atoms with Crippen molar-refractivity contribution in [1.29, 1.82) is 0 Å². The molecule has 0 bridgehead atoms. The highest BCUT2D eigenvalue weighted by Crippen LogP contribution is 2.25. The largest absolute Gasteiger partial charge is 0.355 e. The normalized spacial score (nSPS) is 18.7. The predicted molar refractivity (Wildman–Crippen MR) is 132 cm³/mol. The number of rotatable bonds is 9. The summed E-state index contributed by atoms with van der Waals surface area (Å²) < 4.78 is 29.4. The van der Waals surface area contributed by atoms with Gasteiger partial charge in [0.15, 0.2) is 0 Å². The smallest absolute Gasteiger partial charge is 0.243 e. The fourth-order valence-corrected chi connectivity index (χ4v) is 6.76. The zero-order valence-corrected chi connectivity index (χ0v) is 20.7. The van der Waals surface area contributed by atoms with Crippen LogP contribution >= 0.6 is 0 Å². The Bertz CT molecular complexity index is 1040. The van der Waals surface area contributed by atoms with Crippen molar-refractivity contribution in [2.75, 3.05) is 33.2 Å². The topological polar surface area (TPSA) is 74.6 Å². The SMILES string of the molecule is CN(CCCNC(=O)Cn1ccc2cc(S(=O)(=O)N3CCCCC3)ccc21)C1CCCCC1. The fourth-order valence-electron chi connectivity index (χ4n) is 5.20. The van der Waals surface area contributed by atoms with Crippen LogP contribution in [-0.2, 0) is 21.4 Å². The molecule has 1 aliphatic carbocycles. The van der Waals surface area contributed by atoms with Gasteiger partial charge in [-0.25, -0.2) is 8.42 Å². The summed E-state index contributed by atoms with van der Waals surface area (Å²) in [6, 6.07) is 7.80. The Kier molecular flexibility index (Phi) is 8.09. The molecule has 0 spiro atoms. The van der Waals surface area contributed by atoms with Crippen LogP contribution in [0.2, 0.25) is 0 Å².